The van der Waals surface area contributed by atoms with Gasteiger partial charge in [0.1, 0.15) is 5.82 Å². The van der Waals surface area contributed by atoms with Crippen molar-refractivity contribution in [2.45, 2.75) is 19.1 Å². The Bertz CT molecular complexity index is 852. The Morgan fingerprint density at radius 1 is 1.03 bits per heavy atom. The molecule has 29 heavy (non-hydrogen) atoms. The number of rotatable bonds is 5. The number of hydrogen-bond acceptors (Lipinski definition) is 5. The third kappa shape index (κ3) is 4.55. The highest BCUT2D eigenvalue weighted by Gasteiger charge is 2.35. The summed E-state index contributed by atoms with van der Waals surface area (Å²) in [5.74, 6) is -0.305. The molecule has 0 aliphatic carbocycles. The minimum atomic E-state index is -4.71. The van der Waals surface area contributed by atoms with Gasteiger partial charge in [0.05, 0.1) is 19.8 Å². The lowest BCUT2D eigenvalue weighted by Crippen LogP contribution is -2.47. The molecule has 1 atom stereocenters. The Kier molecular flexibility index (Phi) is 6.16. The molecule has 1 fully saturated rings. The van der Waals surface area contributed by atoms with Crippen molar-refractivity contribution in [3.8, 4) is 11.6 Å². The molecule has 1 aliphatic heterocycles. The second-order valence-electron chi connectivity index (χ2n) is 6.84. The normalized spacial score (nSPS) is 16.6. The van der Waals surface area contributed by atoms with Crippen LogP contribution in [0.15, 0.2) is 30.5 Å². The highest BCUT2D eigenvalue weighted by atomic mass is 19.4. The molecular formula is C20H23F4N3O2. The van der Waals surface area contributed by atoms with E-state index in [-0.39, 0.29) is 6.04 Å². The predicted octanol–water partition coefficient (Wildman–Crippen LogP) is 4.14. The van der Waals surface area contributed by atoms with Gasteiger partial charge >= 0.3 is 6.18 Å². The standard InChI is InChI=1S/C20H23F4N3O2/c1-13(14-10-18(28-2)19(29-3)25-12-14)26-6-8-27(9-7-26)15-4-5-17(21)16(11-15)20(22,23)24/h4-5,10-13H,6-9H2,1-3H3. The van der Waals surface area contributed by atoms with Gasteiger partial charge in [-0.3, -0.25) is 4.90 Å². The molecule has 0 amide bonds. The molecule has 3 rings (SSSR count). The van der Waals surface area contributed by atoms with Crippen molar-refractivity contribution in [3.05, 3.63) is 47.4 Å². The number of alkyl halides is 3. The molecule has 1 saturated heterocycles. The zero-order valence-corrected chi connectivity index (χ0v) is 16.5. The van der Waals surface area contributed by atoms with Crippen molar-refractivity contribution in [2.24, 2.45) is 0 Å². The summed E-state index contributed by atoms with van der Waals surface area (Å²) >= 11 is 0. The number of ether oxygens (including phenoxy) is 2. The fourth-order valence-electron chi connectivity index (χ4n) is 3.48. The Morgan fingerprint density at radius 3 is 2.31 bits per heavy atom. The second-order valence-corrected chi connectivity index (χ2v) is 6.84. The number of halogens is 4. The third-order valence-corrected chi connectivity index (χ3v) is 5.22. The summed E-state index contributed by atoms with van der Waals surface area (Å²) in [5, 5.41) is 0. The highest BCUT2D eigenvalue weighted by molar-refractivity contribution is 5.50. The molecule has 158 valence electrons. The largest absolute Gasteiger partial charge is 0.491 e. The topological polar surface area (TPSA) is 37.8 Å². The summed E-state index contributed by atoms with van der Waals surface area (Å²) in [6, 6.07) is 5.07. The molecule has 0 saturated carbocycles. The van der Waals surface area contributed by atoms with E-state index in [9.17, 15) is 17.6 Å². The van der Waals surface area contributed by atoms with Crippen molar-refractivity contribution in [1.29, 1.82) is 0 Å². The molecule has 1 aliphatic rings. The molecule has 0 radical (unpaired) electrons. The van der Waals surface area contributed by atoms with Gasteiger partial charge in [-0.1, -0.05) is 0 Å². The number of hydrogen-bond donors (Lipinski definition) is 0. The van der Waals surface area contributed by atoms with E-state index < -0.39 is 17.6 Å². The van der Waals surface area contributed by atoms with E-state index in [2.05, 4.69) is 9.88 Å². The Balaban J connectivity index is 1.69. The van der Waals surface area contributed by atoms with Gasteiger partial charge in [0, 0.05) is 44.1 Å². The van der Waals surface area contributed by atoms with Crippen LogP contribution in [0.25, 0.3) is 0 Å². The highest BCUT2D eigenvalue weighted by Crippen LogP contribution is 2.35. The average molecular weight is 413 g/mol. The minimum Gasteiger partial charge on any atom is -0.491 e. The number of aromatic nitrogens is 1. The summed E-state index contributed by atoms with van der Waals surface area (Å²) in [4.78, 5) is 8.31. The minimum absolute atomic E-state index is 0.0448. The smallest absolute Gasteiger partial charge is 0.419 e. The summed E-state index contributed by atoms with van der Waals surface area (Å²) in [6.45, 7) is 4.41. The van der Waals surface area contributed by atoms with Crippen LogP contribution in [0.2, 0.25) is 0 Å². The maximum atomic E-state index is 13.5. The molecule has 2 heterocycles. The maximum absolute atomic E-state index is 13.5. The Morgan fingerprint density at radius 2 is 1.72 bits per heavy atom. The van der Waals surface area contributed by atoms with Crippen LogP contribution in [-0.2, 0) is 6.18 Å². The van der Waals surface area contributed by atoms with Crippen LogP contribution < -0.4 is 14.4 Å². The lowest BCUT2D eigenvalue weighted by Gasteiger charge is -2.39. The quantitative estimate of drug-likeness (QED) is 0.689. The molecule has 9 heteroatoms. The number of piperazine rings is 1. The van der Waals surface area contributed by atoms with Crippen molar-refractivity contribution in [3.63, 3.8) is 0 Å². The first-order chi connectivity index (χ1) is 13.7. The predicted molar refractivity (Wildman–Crippen MR) is 101 cm³/mol. The van der Waals surface area contributed by atoms with Crippen molar-refractivity contribution in [1.82, 2.24) is 9.88 Å². The van der Waals surface area contributed by atoms with Crippen molar-refractivity contribution in [2.75, 3.05) is 45.3 Å². The lowest BCUT2D eigenvalue weighted by atomic mass is 10.1. The van der Waals surface area contributed by atoms with Crippen LogP contribution in [0.4, 0.5) is 23.2 Å². The fourth-order valence-corrected chi connectivity index (χ4v) is 3.48. The average Bonchev–Trinajstić information content (AvgIpc) is 2.72. The van der Waals surface area contributed by atoms with E-state index in [0.29, 0.717) is 43.5 Å². The molecule has 1 unspecified atom stereocenters. The number of benzene rings is 1. The SMILES string of the molecule is COc1cc(C(C)N2CCN(c3ccc(F)c(C(F)(F)F)c3)CC2)cnc1OC. The van der Waals surface area contributed by atoms with Gasteiger partial charge in [-0.25, -0.2) is 9.37 Å². The number of nitrogens with zero attached hydrogens (tertiary/aromatic N) is 3. The van der Waals surface area contributed by atoms with E-state index in [1.165, 1.54) is 13.2 Å². The van der Waals surface area contributed by atoms with Gasteiger partial charge in [-0.15, -0.1) is 0 Å². The van der Waals surface area contributed by atoms with Crippen LogP contribution >= 0.6 is 0 Å². The van der Waals surface area contributed by atoms with Gasteiger partial charge in [-0.2, -0.15) is 13.2 Å². The molecule has 0 spiro atoms. The van der Waals surface area contributed by atoms with Crippen molar-refractivity contribution < 1.29 is 27.0 Å². The monoisotopic (exact) mass is 413 g/mol. The summed E-state index contributed by atoms with van der Waals surface area (Å²) < 4.78 is 62.9. The van der Waals surface area contributed by atoms with Crippen LogP contribution in [0.1, 0.15) is 24.1 Å². The van der Waals surface area contributed by atoms with Crippen LogP contribution in [0.3, 0.4) is 0 Å². The molecule has 1 aromatic heterocycles. The molecule has 5 nitrogen and oxygen atoms in total. The van der Waals surface area contributed by atoms with E-state index in [1.807, 2.05) is 17.9 Å². The maximum Gasteiger partial charge on any atom is 0.419 e. The first-order valence-corrected chi connectivity index (χ1v) is 9.18. The number of anilines is 1. The van der Waals surface area contributed by atoms with Crippen LogP contribution in [0.5, 0.6) is 11.6 Å². The summed E-state index contributed by atoms with van der Waals surface area (Å²) in [7, 11) is 3.07. The molecule has 2 aromatic rings. The molecular weight excluding hydrogens is 390 g/mol. The summed E-state index contributed by atoms with van der Waals surface area (Å²) in [6.07, 6.45) is -2.98. The van der Waals surface area contributed by atoms with E-state index in [0.717, 1.165) is 17.7 Å². The van der Waals surface area contributed by atoms with Gasteiger partial charge in [0.25, 0.3) is 5.88 Å². The van der Waals surface area contributed by atoms with E-state index in [1.54, 1.807) is 13.3 Å². The van der Waals surface area contributed by atoms with Gasteiger partial charge in [0.2, 0.25) is 0 Å². The number of pyridine rings is 1. The van der Waals surface area contributed by atoms with Crippen molar-refractivity contribution >= 4 is 5.69 Å². The fraction of sp³-hybridized carbons (Fsp3) is 0.450. The van der Waals surface area contributed by atoms with Gasteiger partial charge in [-0.05, 0) is 36.8 Å². The first kappa shape index (κ1) is 21.2. The second kappa shape index (κ2) is 8.44. The van der Waals surface area contributed by atoms with Gasteiger partial charge in [0.15, 0.2) is 5.75 Å². The summed E-state index contributed by atoms with van der Waals surface area (Å²) in [5.41, 5.74) is 0.0956. The lowest BCUT2D eigenvalue weighted by molar-refractivity contribution is -0.139. The Labute approximate surface area is 166 Å². The van der Waals surface area contributed by atoms with Gasteiger partial charge < -0.3 is 14.4 Å². The Hall–Kier alpha value is -2.55. The zero-order chi connectivity index (χ0) is 21.2. The molecule has 1 aromatic carbocycles. The van der Waals surface area contributed by atoms with Crippen LogP contribution in [-0.4, -0.2) is 50.3 Å². The van der Waals surface area contributed by atoms with Crippen LogP contribution in [0, 0.1) is 5.82 Å². The molecule has 0 N–H and O–H groups in total. The van der Waals surface area contributed by atoms with E-state index in [4.69, 9.17) is 9.47 Å². The zero-order valence-electron chi connectivity index (χ0n) is 16.5. The first-order valence-electron chi connectivity index (χ1n) is 9.18. The number of methoxy groups -OCH3 is 2. The third-order valence-electron chi connectivity index (χ3n) is 5.22. The van der Waals surface area contributed by atoms with E-state index >= 15 is 0 Å². The molecule has 0 bridgehead atoms.